The van der Waals surface area contributed by atoms with E-state index in [1.807, 2.05) is 0 Å². The molecule has 0 spiro atoms. The third kappa shape index (κ3) is 4.29. The number of ether oxygens (including phenoxy) is 1. The number of amides is 1. The van der Waals surface area contributed by atoms with E-state index in [1.54, 1.807) is 50.2 Å². The topological polar surface area (TPSA) is 58.6 Å². The molecule has 0 aliphatic rings. The van der Waals surface area contributed by atoms with Gasteiger partial charge in [0.15, 0.2) is 0 Å². The lowest BCUT2D eigenvalue weighted by atomic mass is 9.83. The zero-order valence-corrected chi connectivity index (χ0v) is 13.2. The molecule has 2 aromatic rings. The lowest BCUT2D eigenvalue weighted by Gasteiger charge is -2.24. The van der Waals surface area contributed by atoms with E-state index in [1.165, 1.54) is 12.1 Å². The Hall–Kier alpha value is -2.40. The van der Waals surface area contributed by atoms with E-state index in [4.69, 9.17) is 9.84 Å². The Morgan fingerprint density at radius 3 is 2.52 bits per heavy atom. The van der Waals surface area contributed by atoms with Crippen LogP contribution in [0.2, 0.25) is 0 Å². The largest absolute Gasteiger partial charge is 0.491 e. The Morgan fingerprint density at radius 1 is 1.22 bits per heavy atom. The quantitative estimate of drug-likeness (QED) is 0.860. The number of carbonyl (C=O) groups is 1. The van der Waals surface area contributed by atoms with Crippen LogP contribution in [0.1, 0.15) is 19.4 Å². The van der Waals surface area contributed by atoms with E-state index in [0.717, 1.165) is 0 Å². The second-order valence-electron chi connectivity index (χ2n) is 5.69. The summed E-state index contributed by atoms with van der Waals surface area (Å²) in [6, 6.07) is 12.9. The predicted molar refractivity (Wildman–Crippen MR) is 87.1 cm³/mol. The minimum Gasteiger partial charge on any atom is -0.491 e. The van der Waals surface area contributed by atoms with Crippen molar-refractivity contribution in [3.8, 4) is 5.75 Å². The summed E-state index contributed by atoms with van der Waals surface area (Å²) in [5.74, 6) is 0.0160. The number of rotatable bonds is 6. The fourth-order valence-electron chi connectivity index (χ4n) is 2.09. The van der Waals surface area contributed by atoms with Gasteiger partial charge in [0, 0.05) is 5.69 Å². The second-order valence-corrected chi connectivity index (χ2v) is 5.69. The highest BCUT2D eigenvalue weighted by molar-refractivity contribution is 5.98. The molecule has 2 aromatic carbocycles. The number of anilines is 1. The number of nitrogens with one attached hydrogen (secondary N) is 1. The molecule has 122 valence electrons. The van der Waals surface area contributed by atoms with Crippen LogP contribution in [0.5, 0.6) is 5.75 Å². The van der Waals surface area contributed by atoms with Crippen LogP contribution in [-0.2, 0) is 10.2 Å². The number of carbonyl (C=O) groups excluding carboxylic acids is 1. The van der Waals surface area contributed by atoms with Gasteiger partial charge in [-0.1, -0.05) is 12.1 Å². The summed E-state index contributed by atoms with van der Waals surface area (Å²) in [6.07, 6.45) is 0. The van der Waals surface area contributed by atoms with Gasteiger partial charge >= 0.3 is 0 Å². The molecule has 0 saturated heterocycles. The van der Waals surface area contributed by atoms with Crippen LogP contribution >= 0.6 is 0 Å². The second kappa shape index (κ2) is 7.24. The van der Waals surface area contributed by atoms with Crippen molar-refractivity contribution in [2.45, 2.75) is 19.3 Å². The highest BCUT2D eigenvalue weighted by atomic mass is 19.1. The van der Waals surface area contributed by atoms with Gasteiger partial charge in [0.1, 0.15) is 18.2 Å². The van der Waals surface area contributed by atoms with Crippen LogP contribution in [0.4, 0.5) is 10.1 Å². The van der Waals surface area contributed by atoms with Crippen LogP contribution in [0.15, 0.2) is 48.5 Å². The average Bonchev–Trinajstić information content (AvgIpc) is 2.54. The lowest BCUT2D eigenvalue weighted by Crippen LogP contribution is -2.34. The Morgan fingerprint density at radius 2 is 1.91 bits per heavy atom. The van der Waals surface area contributed by atoms with Gasteiger partial charge in [0.05, 0.1) is 12.0 Å². The SMILES string of the molecule is CC(C)(C(=O)Nc1ccc(OCCO)cc1)c1cccc(F)c1. The van der Waals surface area contributed by atoms with E-state index in [-0.39, 0.29) is 24.9 Å². The first-order valence-corrected chi connectivity index (χ1v) is 7.34. The molecular weight excluding hydrogens is 297 g/mol. The standard InChI is InChI=1S/C18H20FNO3/c1-18(2,13-4-3-5-14(19)12-13)17(22)20-15-6-8-16(9-7-15)23-11-10-21/h3-9,12,21H,10-11H2,1-2H3,(H,20,22). The zero-order chi connectivity index (χ0) is 16.9. The molecule has 0 aliphatic carbocycles. The van der Waals surface area contributed by atoms with Gasteiger partial charge in [-0.05, 0) is 55.8 Å². The van der Waals surface area contributed by atoms with Gasteiger partial charge in [-0.3, -0.25) is 4.79 Å². The average molecular weight is 317 g/mol. The monoisotopic (exact) mass is 317 g/mol. The lowest BCUT2D eigenvalue weighted by molar-refractivity contribution is -0.120. The number of benzene rings is 2. The number of aliphatic hydroxyl groups is 1. The molecule has 23 heavy (non-hydrogen) atoms. The predicted octanol–water partition coefficient (Wildman–Crippen LogP) is 3.11. The molecule has 0 bridgehead atoms. The van der Waals surface area contributed by atoms with Crippen molar-refractivity contribution in [1.29, 1.82) is 0 Å². The summed E-state index contributed by atoms with van der Waals surface area (Å²) in [5, 5.41) is 11.5. The van der Waals surface area contributed by atoms with Crippen LogP contribution in [0, 0.1) is 5.82 Å². The van der Waals surface area contributed by atoms with Crippen molar-refractivity contribution >= 4 is 11.6 Å². The minimum atomic E-state index is -0.867. The van der Waals surface area contributed by atoms with Gasteiger partial charge in [-0.2, -0.15) is 0 Å². The number of halogens is 1. The Bertz CT molecular complexity index is 668. The fourth-order valence-corrected chi connectivity index (χ4v) is 2.09. The highest BCUT2D eigenvalue weighted by Gasteiger charge is 2.30. The van der Waals surface area contributed by atoms with Gasteiger partial charge in [0.25, 0.3) is 0 Å². The Kier molecular flexibility index (Phi) is 5.34. The Balaban J connectivity index is 2.08. The molecule has 0 fully saturated rings. The molecule has 5 heteroatoms. The number of aliphatic hydroxyl groups excluding tert-OH is 1. The van der Waals surface area contributed by atoms with E-state index in [0.29, 0.717) is 17.0 Å². The maximum Gasteiger partial charge on any atom is 0.234 e. The van der Waals surface area contributed by atoms with Crippen molar-refractivity contribution in [3.63, 3.8) is 0 Å². The first-order chi connectivity index (χ1) is 10.9. The van der Waals surface area contributed by atoms with Gasteiger partial charge in [-0.25, -0.2) is 4.39 Å². The summed E-state index contributed by atoms with van der Waals surface area (Å²) in [4.78, 5) is 12.5. The first-order valence-electron chi connectivity index (χ1n) is 7.34. The molecule has 0 atom stereocenters. The molecule has 0 radical (unpaired) electrons. The molecule has 1 amide bonds. The van der Waals surface area contributed by atoms with E-state index >= 15 is 0 Å². The van der Waals surface area contributed by atoms with E-state index < -0.39 is 5.41 Å². The third-order valence-electron chi connectivity index (χ3n) is 3.59. The van der Waals surface area contributed by atoms with Gasteiger partial charge < -0.3 is 15.2 Å². The highest BCUT2D eigenvalue weighted by Crippen LogP contribution is 2.26. The van der Waals surface area contributed by atoms with Crippen LogP contribution < -0.4 is 10.1 Å². The van der Waals surface area contributed by atoms with Crippen LogP contribution in [-0.4, -0.2) is 24.2 Å². The smallest absolute Gasteiger partial charge is 0.234 e. The molecule has 2 rings (SSSR count). The van der Waals surface area contributed by atoms with Crippen LogP contribution in [0.25, 0.3) is 0 Å². The Labute approximate surface area is 134 Å². The molecule has 0 unspecified atom stereocenters. The van der Waals surface area contributed by atoms with Gasteiger partial charge in [-0.15, -0.1) is 0 Å². The van der Waals surface area contributed by atoms with Crippen molar-refractivity contribution < 1.29 is 19.0 Å². The zero-order valence-electron chi connectivity index (χ0n) is 13.2. The summed E-state index contributed by atoms with van der Waals surface area (Å²) >= 11 is 0. The fraction of sp³-hybridized carbons (Fsp3) is 0.278. The third-order valence-corrected chi connectivity index (χ3v) is 3.59. The van der Waals surface area contributed by atoms with Gasteiger partial charge in [0.2, 0.25) is 5.91 Å². The summed E-state index contributed by atoms with van der Waals surface area (Å²) < 4.78 is 18.6. The van der Waals surface area contributed by atoms with Crippen LogP contribution in [0.3, 0.4) is 0 Å². The summed E-state index contributed by atoms with van der Waals surface area (Å²) in [7, 11) is 0. The molecule has 2 N–H and O–H groups in total. The van der Waals surface area contributed by atoms with Crippen molar-refractivity contribution in [3.05, 3.63) is 59.9 Å². The molecule has 0 aromatic heterocycles. The van der Waals surface area contributed by atoms with E-state index in [9.17, 15) is 9.18 Å². The van der Waals surface area contributed by atoms with Crippen molar-refractivity contribution in [2.24, 2.45) is 0 Å². The maximum absolute atomic E-state index is 13.4. The first kappa shape index (κ1) is 17.0. The molecule has 0 heterocycles. The van der Waals surface area contributed by atoms with Crippen molar-refractivity contribution in [2.75, 3.05) is 18.5 Å². The van der Waals surface area contributed by atoms with Crippen molar-refractivity contribution in [1.82, 2.24) is 0 Å². The van der Waals surface area contributed by atoms with E-state index in [2.05, 4.69) is 5.32 Å². The molecule has 0 saturated carbocycles. The minimum absolute atomic E-state index is 0.0552. The maximum atomic E-state index is 13.4. The molecule has 0 aliphatic heterocycles. The normalized spacial score (nSPS) is 11.1. The molecular formula is C18H20FNO3. The number of hydrogen-bond donors (Lipinski definition) is 2. The molecule has 4 nitrogen and oxygen atoms in total. The summed E-state index contributed by atoms with van der Waals surface area (Å²) in [5.41, 5.74) is 0.363. The number of hydrogen-bond acceptors (Lipinski definition) is 3. The summed E-state index contributed by atoms with van der Waals surface area (Å²) in [6.45, 7) is 3.66.